The molecule has 0 aliphatic carbocycles. The number of nitro groups is 1. The Morgan fingerprint density at radius 2 is 2.29 bits per heavy atom. The first-order chi connectivity index (χ1) is 6.50. The second-order valence-electron chi connectivity index (χ2n) is 3.10. The van der Waals surface area contributed by atoms with Gasteiger partial charge in [-0.2, -0.15) is 0 Å². The van der Waals surface area contributed by atoms with E-state index in [1.165, 1.54) is 13.1 Å². The Hall–Kier alpha value is -1.78. The molecule has 0 aliphatic heterocycles. The van der Waals surface area contributed by atoms with E-state index in [4.69, 9.17) is 0 Å². The van der Waals surface area contributed by atoms with Gasteiger partial charge in [-0.1, -0.05) is 0 Å². The zero-order valence-corrected chi connectivity index (χ0v) is 7.98. The predicted octanol–water partition coefficient (Wildman–Crippen LogP) is 1.43. The Labute approximate surface area is 80.9 Å². The van der Waals surface area contributed by atoms with E-state index in [0.29, 0.717) is 11.3 Å². The van der Waals surface area contributed by atoms with Gasteiger partial charge in [-0.15, -0.1) is 0 Å². The number of aromatic nitrogens is 1. The lowest BCUT2D eigenvalue weighted by molar-refractivity contribution is -0.385. The lowest BCUT2D eigenvalue weighted by Gasteiger charge is -1.99. The second-order valence-corrected chi connectivity index (χ2v) is 3.10. The lowest BCUT2D eigenvalue weighted by Crippen LogP contribution is -2.01. The van der Waals surface area contributed by atoms with Crippen molar-refractivity contribution in [2.24, 2.45) is 0 Å². The van der Waals surface area contributed by atoms with Gasteiger partial charge < -0.3 is 0 Å². The van der Waals surface area contributed by atoms with Crippen molar-refractivity contribution in [2.45, 2.75) is 20.3 Å². The van der Waals surface area contributed by atoms with E-state index in [1.54, 1.807) is 13.0 Å². The number of nitrogens with zero attached hydrogens (tertiary/aromatic N) is 2. The molecule has 0 amide bonds. The van der Waals surface area contributed by atoms with Gasteiger partial charge in [0, 0.05) is 17.7 Å². The van der Waals surface area contributed by atoms with E-state index >= 15 is 0 Å². The molecule has 0 spiro atoms. The fourth-order valence-corrected chi connectivity index (χ4v) is 1.15. The number of hydrogen-bond donors (Lipinski definition) is 0. The topological polar surface area (TPSA) is 73.1 Å². The minimum absolute atomic E-state index is 0.00856. The average molecular weight is 194 g/mol. The Bertz CT molecular complexity index is 388. The van der Waals surface area contributed by atoms with Crippen LogP contribution in [0.1, 0.15) is 18.2 Å². The quantitative estimate of drug-likeness (QED) is 0.539. The third-order valence-electron chi connectivity index (χ3n) is 1.77. The predicted molar refractivity (Wildman–Crippen MR) is 50.0 cm³/mol. The molecule has 0 radical (unpaired) electrons. The molecule has 1 aromatic rings. The molecule has 1 aromatic heterocycles. The van der Waals surface area contributed by atoms with Crippen LogP contribution in [0.3, 0.4) is 0 Å². The van der Waals surface area contributed by atoms with Crippen LogP contribution in [0.5, 0.6) is 0 Å². The average Bonchev–Trinajstić information content (AvgIpc) is 2.01. The molecular formula is C9H10N2O3. The minimum Gasteiger partial charge on any atom is -0.300 e. The SMILES string of the molecule is CC(=O)Cc1cc(C)c([N+](=O)[O-])cn1. The van der Waals surface area contributed by atoms with Crippen LogP contribution in [0.25, 0.3) is 0 Å². The van der Waals surface area contributed by atoms with Crippen LogP contribution < -0.4 is 0 Å². The molecule has 0 N–H and O–H groups in total. The fourth-order valence-electron chi connectivity index (χ4n) is 1.15. The van der Waals surface area contributed by atoms with Crippen molar-refractivity contribution in [1.82, 2.24) is 4.98 Å². The summed E-state index contributed by atoms with van der Waals surface area (Å²) >= 11 is 0. The van der Waals surface area contributed by atoms with Crippen molar-refractivity contribution in [3.05, 3.63) is 33.6 Å². The van der Waals surface area contributed by atoms with Crippen LogP contribution in [0, 0.1) is 17.0 Å². The Balaban J connectivity index is 3.00. The zero-order chi connectivity index (χ0) is 10.7. The van der Waals surface area contributed by atoms with Gasteiger partial charge in [-0.25, -0.2) is 0 Å². The first kappa shape index (κ1) is 10.3. The fraction of sp³-hybridized carbons (Fsp3) is 0.333. The normalized spacial score (nSPS) is 9.86. The lowest BCUT2D eigenvalue weighted by atomic mass is 10.1. The van der Waals surface area contributed by atoms with E-state index in [9.17, 15) is 14.9 Å². The van der Waals surface area contributed by atoms with Crippen molar-refractivity contribution in [3.8, 4) is 0 Å². The molecule has 0 bridgehead atoms. The molecule has 14 heavy (non-hydrogen) atoms. The van der Waals surface area contributed by atoms with Crippen LogP contribution in [0.15, 0.2) is 12.3 Å². The highest BCUT2D eigenvalue weighted by Gasteiger charge is 2.11. The summed E-state index contributed by atoms with van der Waals surface area (Å²) in [4.78, 5) is 24.6. The van der Waals surface area contributed by atoms with Gasteiger partial charge in [0.05, 0.1) is 4.92 Å². The number of carbonyl (C=O) groups excluding carboxylic acids is 1. The smallest absolute Gasteiger partial charge is 0.290 e. The van der Waals surface area contributed by atoms with Gasteiger partial charge >= 0.3 is 0 Å². The van der Waals surface area contributed by atoms with E-state index in [1.807, 2.05) is 0 Å². The Morgan fingerprint density at radius 3 is 2.71 bits per heavy atom. The maximum absolute atomic E-state index is 10.8. The first-order valence-corrected chi connectivity index (χ1v) is 4.10. The first-order valence-electron chi connectivity index (χ1n) is 4.10. The Kier molecular flexibility index (Phi) is 2.91. The summed E-state index contributed by atoms with van der Waals surface area (Å²) in [6, 6.07) is 1.57. The number of ketones is 1. The van der Waals surface area contributed by atoms with E-state index in [0.717, 1.165) is 0 Å². The van der Waals surface area contributed by atoms with Crippen LogP contribution in [0.2, 0.25) is 0 Å². The van der Waals surface area contributed by atoms with Gasteiger partial charge in [-0.3, -0.25) is 19.9 Å². The summed E-state index contributed by atoms with van der Waals surface area (Å²) in [5.41, 5.74) is 1.08. The molecule has 1 heterocycles. The highest BCUT2D eigenvalue weighted by molar-refractivity contribution is 5.77. The molecule has 5 nitrogen and oxygen atoms in total. The minimum atomic E-state index is -0.486. The van der Waals surface area contributed by atoms with Crippen molar-refractivity contribution < 1.29 is 9.72 Å². The van der Waals surface area contributed by atoms with Crippen LogP contribution in [0.4, 0.5) is 5.69 Å². The van der Waals surface area contributed by atoms with Gasteiger partial charge in [-0.05, 0) is 19.9 Å². The Morgan fingerprint density at radius 1 is 1.64 bits per heavy atom. The molecule has 0 aliphatic rings. The number of rotatable bonds is 3. The van der Waals surface area contributed by atoms with Gasteiger partial charge in [0.2, 0.25) is 0 Å². The molecule has 74 valence electrons. The standard InChI is InChI=1S/C9H10N2O3/c1-6-3-8(4-7(2)12)10-5-9(6)11(13)14/h3,5H,4H2,1-2H3. The van der Waals surface area contributed by atoms with Gasteiger partial charge in [0.15, 0.2) is 0 Å². The molecule has 5 heteroatoms. The van der Waals surface area contributed by atoms with Crippen molar-refractivity contribution in [3.63, 3.8) is 0 Å². The van der Waals surface area contributed by atoms with Crippen LogP contribution in [-0.4, -0.2) is 15.7 Å². The maximum Gasteiger partial charge on any atom is 0.290 e. The molecule has 0 unspecified atom stereocenters. The largest absolute Gasteiger partial charge is 0.300 e. The summed E-state index contributed by atoms with van der Waals surface area (Å²) in [6.07, 6.45) is 1.41. The highest BCUT2D eigenvalue weighted by atomic mass is 16.6. The summed E-state index contributed by atoms with van der Waals surface area (Å²) in [5, 5.41) is 10.5. The molecule has 1 rings (SSSR count). The van der Waals surface area contributed by atoms with Crippen LogP contribution in [-0.2, 0) is 11.2 Å². The van der Waals surface area contributed by atoms with Crippen LogP contribution >= 0.6 is 0 Å². The number of hydrogen-bond acceptors (Lipinski definition) is 4. The second kappa shape index (κ2) is 3.95. The summed E-state index contributed by atoms with van der Waals surface area (Å²) in [7, 11) is 0. The summed E-state index contributed by atoms with van der Waals surface area (Å²) in [5.74, 6) is -0.00856. The van der Waals surface area contributed by atoms with E-state index in [-0.39, 0.29) is 17.9 Å². The third-order valence-corrected chi connectivity index (χ3v) is 1.77. The third kappa shape index (κ3) is 2.35. The van der Waals surface area contributed by atoms with Crippen molar-refractivity contribution in [1.29, 1.82) is 0 Å². The molecule has 0 fully saturated rings. The van der Waals surface area contributed by atoms with Crippen molar-refractivity contribution in [2.75, 3.05) is 0 Å². The monoisotopic (exact) mass is 194 g/mol. The molecule has 0 atom stereocenters. The summed E-state index contributed by atoms with van der Waals surface area (Å²) in [6.45, 7) is 3.09. The molecule has 0 saturated carbocycles. The number of carbonyl (C=O) groups is 1. The molecule has 0 saturated heterocycles. The number of pyridine rings is 1. The van der Waals surface area contributed by atoms with E-state index < -0.39 is 4.92 Å². The van der Waals surface area contributed by atoms with Crippen molar-refractivity contribution >= 4 is 11.5 Å². The highest BCUT2D eigenvalue weighted by Crippen LogP contribution is 2.16. The zero-order valence-electron chi connectivity index (χ0n) is 7.98. The number of aryl methyl sites for hydroxylation is 1. The summed E-state index contributed by atoms with van der Waals surface area (Å²) < 4.78 is 0. The molecular weight excluding hydrogens is 184 g/mol. The van der Waals surface area contributed by atoms with E-state index in [2.05, 4.69) is 4.98 Å². The molecule has 0 aromatic carbocycles. The maximum atomic E-state index is 10.8. The number of Topliss-reactive ketones (excluding diaryl/α,β-unsaturated/α-hetero) is 1. The van der Waals surface area contributed by atoms with Gasteiger partial charge in [0.1, 0.15) is 12.0 Å². The van der Waals surface area contributed by atoms with Gasteiger partial charge in [0.25, 0.3) is 5.69 Å².